The van der Waals surface area contributed by atoms with Crippen LogP contribution in [0.3, 0.4) is 0 Å². The second kappa shape index (κ2) is 7.35. The van der Waals surface area contributed by atoms with Gasteiger partial charge in [-0.05, 0) is 42.7 Å². The first kappa shape index (κ1) is 16.3. The van der Waals surface area contributed by atoms with Crippen molar-refractivity contribution in [1.29, 1.82) is 0 Å². The first-order valence-corrected chi connectivity index (χ1v) is 8.38. The molecule has 0 aliphatic carbocycles. The van der Waals surface area contributed by atoms with Gasteiger partial charge in [-0.25, -0.2) is 0 Å². The standard InChI is InChI=1S/C19H22ClNO2/c20-17-6-8-18(9-7-17)23-15-19(22)10-12-21(13-11-19)14-16-4-2-1-3-5-16/h1-9,22H,10-15H2. The smallest absolute Gasteiger partial charge is 0.119 e. The zero-order chi connectivity index (χ0) is 16.1. The zero-order valence-electron chi connectivity index (χ0n) is 13.1. The molecular formula is C19H22ClNO2. The van der Waals surface area contributed by atoms with E-state index in [1.807, 2.05) is 18.2 Å². The summed E-state index contributed by atoms with van der Waals surface area (Å²) in [4.78, 5) is 2.38. The van der Waals surface area contributed by atoms with Gasteiger partial charge in [0.15, 0.2) is 0 Å². The lowest BCUT2D eigenvalue weighted by atomic mass is 9.92. The Hall–Kier alpha value is -1.55. The zero-order valence-corrected chi connectivity index (χ0v) is 13.9. The fraction of sp³-hybridized carbons (Fsp3) is 0.368. The molecule has 3 nitrogen and oxygen atoms in total. The summed E-state index contributed by atoms with van der Waals surface area (Å²) in [6.07, 6.45) is 1.46. The summed E-state index contributed by atoms with van der Waals surface area (Å²) in [5.41, 5.74) is 0.572. The van der Waals surface area contributed by atoms with Gasteiger partial charge in [0.2, 0.25) is 0 Å². The molecule has 0 atom stereocenters. The largest absolute Gasteiger partial charge is 0.491 e. The van der Waals surface area contributed by atoms with E-state index in [0.29, 0.717) is 11.6 Å². The number of likely N-dealkylation sites (tertiary alicyclic amines) is 1. The lowest BCUT2D eigenvalue weighted by Crippen LogP contribution is -2.47. The number of piperidine rings is 1. The maximum atomic E-state index is 10.7. The van der Waals surface area contributed by atoms with E-state index in [4.69, 9.17) is 16.3 Å². The van der Waals surface area contributed by atoms with Crippen LogP contribution < -0.4 is 4.74 Å². The number of rotatable bonds is 5. The van der Waals surface area contributed by atoms with Crippen LogP contribution in [0.1, 0.15) is 18.4 Å². The van der Waals surface area contributed by atoms with Crippen LogP contribution in [-0.2, 0) is 6.54 Å². The molecule has 0 unspecified atom stereocenters. The Morgan fingerprint density at radius 2 is 1.65 bits per heavy atom. The quantitative estimate of drug-likeness (QED) is 0.905. The Balaban J connectivity index is 1.48. The van der Waals surface area contributed by atoms with Crippen molar-refractivity contribution in [1.82, 2.24) is 4.90 Å². The van der Waals surface area contributed by atoms with Gasteiger partial charge in [-0.1, -0.05) is 41.9 Å². The highest BCUT2D eigenvalue weighted by Crippen LogP contribution is 2.25. The molecule has 0 amide bonds. The predicted molar refractivity (Wildman–Crippen MR) is 92.8 cm³/mol. The van der Waals surface area contributed by atoms with Crippen molar-refractivity contribution in [2.45, 2.75) is 25.0 Å². The molecular weight excluding hydrogens is 310 g/mol. The van der Waals surface area contributed by atoms with Gasteiger partial charge in [-0.15, -0.1) is 0 Å². The number of benzene rings is 2. The molecule has 1 aliphatic rings. The van der Waals surface area contributed by atoms with Gasteiger partial charge in [0, 0.05) is 24.7 Å². The fourth-order valence-electron chi connectivity index (χ4n) is 2.86. The monoisotopic (exact) mass is 331 g/mol. The average Bonchev–Trinajstić information content (AvgIpc) is 2.58. The summed E-state index contributed by atoms with van der Waals surface area (Å²) in [6.45, 7) is 3.04. The minimum absolute atomic E-state index is 0.327. The predicted octanol–water partition coefficient (Wildman–Crippen LogP) is 3.75. The number of aliphatic hydroxyl groups is 1. The van der Waals surface area contributed by atoms with Crippen LogP contribution in [0.25, 0.3) is 0 Å². The van der Waals surface area contributed by atoms with Crippen LogP contribution in [-0.4, -0.2) is 35.3 Å². The Kier molecular flexibility index (Phi) is 5.21. The molecule has 4 heteroatoms. The van der Waals surface area contributed by atoms with Gasteiger partial charge in [0.05, 0.1) is 0 Å². The molecule has 0 radical (unpaired) electrons. The SMILES string of the molecule is OC1(COc2ccc(Cl)cc2)CCN(Cc2ccccc2)CC1. The van der Waals surface area contributed by atoms with Crippen molar-refractivity contribution >= 4 is 11.6 Å². The summed E-state index contributed by atoms with van der Waals surface area (Å²) >= 11 is 5.86. The topological polar surface area (TPSA) is 32.7 Å². The highest BCUT2D eigenvalue weighted by Gasteiger charge is 2.33. The summed E-state index contributed by atoms with van der Waals surface area (Å²) in [5.74, 6) is 0.745. The lowest BCUT2D eigenvalue weighted by molar-refractivity contribution is -0.0537. The molecule has 2 aromatic rings. The molecule has 3 rings (SSSR count). The fourth-order valence-corrected chi connectivity index (χ4v) is 2.99. The van der Waals surface area contributed by atoms with E-state index in [1.54, 1.807) is 12.1 Å². The molecule has 0 spiro atoms. The van der Waals surface area contributed by atoms with Crippen LogP contribution in [0.4, 0.5) is 0 Å². The minimum atomic E-state index is -0.743. The van der Waals surface area contributed by atoms with E-state index >= 15 is 0 Å². The Labute approximate surface area is 142 Å². The van der Waals surface area contributed by atoms with Gasteiger partial charge < -0.3 is 9.84 Å². The van der Waals surface area contributed by atoms with Crippen molar-refractivity contribution in [2.75, 3.05) is 19.7 Å². The molecule has 1 heterocycles. The van der Waals surface area contributed by atoms with E-state index in [2.05, 4.69) is 29.2 Å². The van der Waals surface area contributed by atoms with Crippen LogP contribution in [0.15, 0.2) is 54.6 Å². The first-order valence-electron chi connectivity index (χ1n) is 8.00. The Morgan fingerprint density at radius 3 is 2.30 bits per heavy atom. The molecule has 23 heavy (non-hydrogen) atoms. The molecule has 1 N–H and O–H groups in total. The van der Waals surface area contributed by atoms with Gasteiger partial charge in [0.1, 0.15) is 18.0 Å². The van der Waals surface area contributed by atoms with Crippen molar-refractivity contribution < 1.29 is 9.84 Å². The van der Waals surface area contributed by atoms with Crippen LogP contribution in [0.5, 0.6) is 5.75 Å². The minimum Gasteiger partial charge on any atom is -0.491 e. The maximum Gasteiger partial charge on any atom is 0.119 e. The average molecular weight is 332 g/mol. The summed E-state index contributed by atoms with van der Waals surface area (Å²) in [6, 6.07) is 17.7. The molecule has 122 valence electrons. The van der Waals surface area contributed by atoms with Crippen LogP contribution in [0, 0.1) is 0 Å². The second-order valence-electron chi connectivity index (χ2n) is 6.23. The number of hydrogen-bond donors (Lipinski definition) is 1. The molecule has 0 bridgehead atoms. The molecule has 1 saturated heterocycles. The van der Waals surface area contributed by atoms with E-state index in [1.165, 1.54) is 5.56 Å². The maximum absolute atomic E-state index is 10.7. The number of ether oxygens (including phenoxy) is 1. The van der Waals surface area contributed by atoms with Crippen LogP contribution >= 0.6 is 11.6 Å². The van der Waals surface area contributed by atoms with Crippen molar-refractivity contribution in [2.24, 2.45) is 0 Å². The third-order valence-electron chi connectivity index (χ3n) is 4.36. The van der Waals surface area contributed by atoms with Crippen molar-refractivity contribution in [3.05, 3.63) is 65.2 Å². The lowest BCUT2D eigenvalue weighted by Gasteiger charge is -2.37. The van der Waals surface area contributed by atoms with E-state index in [-0.39, 0.29) is 0 Å². The Morgan fingerprint density at radius 1 is 1.00 bits per heavy atom. The number of nitrogens with zero attached hydrogens (tertiary/aromatic N) is 1. The highest BCUT2D eigenvalue weighted by atomic mass is 35.5. The summed E-state index contributed by atoms with van der Waals surface area (Å²) in [5, 5.41) is 11.4. The third-order valence-corrected chi connectivity index (χ3v) is 4.61. The molecule has 0 aromatic heterocycles. The number of halogens is 1. The highest BCUT2D eigenvalue weighted by molar-refractivity contribution is 6.30. The van der Waals surface area contributed by atoms with Gasteiger partial charge in [-0.3, -0.25) is 4.90 Å². The first-order chi connectivity index (χ1) is 11.1. The summed E-state index contributed by atoms with van der Waals surface area (Å²) < 4.78 is 5.73. The normalized spacial score (nSPS) is 17.8. The van der Waals surface area contributed by atoms with Gasteiger partial charge in [0.25, 0.3) is 0 Å². The number of hydrogen-bond acceptors (Lipinski definition) is 3. The van der Waals surface area contributed by atoms with Crippen molar-refractivity contribution in [3.63, 3.8) is 0 Å². The molecule has 1 aliphatic heterocycles. The summed E-state index contributed by atoms with van der Waals surface area (Å²) in [7, 11) is 0. The Bertz CT molecular complexity index is 607. The third kappa shape index (κ3) is 4.71. The molecule has 1 fully saturated rings. The van der Waals surface area contributed by atoms with Crippen LogP contribution in [0.2, 0.25) is 5.02 Å². The van der Waals surface area contributed by atoms with Gasteiger partial charge >= 0.3 is 0 Å². The second-order valence-corrected chi connectivity index (χ2v) is 6.67. The molecule has 2 aromatic carbocycles. The van der Waals surface area contributed by atoms with E-state index < -0.39 is 5.60 Å². The molecule has 0 saturated carbocycles. The van der Waals surface area contributed by atoms with E-state index in [0.717, 1.165) is 38.2 Å². The van der Waals surface area contributed by atoms with Gasteiger partial charge in [-0.2, -0.15) is 0 Å². The van der Waals surface area contributed by atoms with Crippen molar-refractivity contribution in [3.8, 4) is 5.75 Å². The van der Waals surface area contributed by atoms with E-state index in [9.17, 15) is 5.11 Å².